The molecule has 1 fully saturated rings. The number of likely N-dealkylation sites (N-methyl/N-ethyl adjacent to an activating group) is 1. The first-order chi connectivity index (χ1) is 7.99. The van der Waals surface area contributed by atoms with Crippen molar-refractivity contribution in [2.24, 2.45) is 0 Å². The molecule has 4 nitrogen and oxygen atoms in total. The molecule has 1 heterocycles. The van der Waals surface area contributed by atoms with Gasteiger partial charge in [0.1, 0.15) is 5.82 Å². The Morgan fingerprint density at radius 1 is 1.41 bits per heavy atom. The zero-order valence-corrected chi connectivity index (χ0v) is 9.24. The molecule has 0 saturated carbocycles. The number of halogens is 2. The average molecular weight is 242 g/mol. The molecule has 2 N–H and O–H groups in total. The lowest BCUT2D eigenvalue weighted by atomic mass is 10.2. The number of carbonyl (C=O) groups is 1. The molecule has 1 saturated heterocycles. The Hall–Kier alpha value is -1.85. The highest BCUT2D eigenvalue weighted by Crippen LogP contribution is 2.25. The zero-order valence-electron chi connectivity index (χ0n) is 9.24. The first-order valence-corrected chi connectivity index (χ1v) is 5.15. The number of carbonyl (C=O) groups excluding carboxylic acids is 1. The number of nitrogens with zero attached hydrogens (tertiary/aromatic N) is 1. The van der Waals surface area contributed by atoms with Crippen molar-refractivity contribution >= 4 is 11.6 Å². The lowest BCUT2D eigenvalue weighted by Crippen LogP contribution is -2.29. The van der Waals surface area contributed by atoms with Crippen LogP contribution >= 0.6 is 0 Å². The van der Waals surface area contributed by atoms with E-state index in [2.05, 4.69) is 0 Å². The topological polar surface area (TPSA) is 55.6 Å². The number of rotatable bonds is 2. The molecule has 2 rings (SSSR count). The number of likely N-dealkylation sites (tertiary alicyclic amines) is 1. The maximum absolute atomic E-state index is 13.4. The van der Waals surface area contributed by atoms with Gasteiger partial charge in [0, 0.05) is 32.1 Å². The molecule has 1 aromatic carbocycles. The van der Waals surface area contributed by atoms with Crippen LogP contribution in [-0.4, -0.2) is 30.5 Å². The van der Waals surface area contributed by atoms with E-state index >= 15 is 0 Å². The molecule has 0 bridgehead atoms. The van der Waals surface area contributed by atoms with Gasteiger partial charge in [-0.05, 0) is 0 Å². The molecule has 0 spiro atoms. The van der Waals surface area contributed by atoms with Crippen molar-refractivity contribution in [1.82, 2.24) is 4.90 Å². The van der Waals surface area contributed by atoms with Gasteiger partial charge in [-0.1, -0.05) is 0 Å². The fourth-order valence-electron chi connectivity index (χ4n) is 1.69. The molecular weight excluding hydrogens is 230 g/mol. The van der Waals surface area contributed by atoms with E-state index in [4.69, 9.17) is 10.5 Å². The van der Waals surface area contributed by atoms with Crippen LogP contribution in [0.1, 0.15) is 6.42 Å². The normalized spacial score (nSPS) is 19.8. The van der Waals surface area contributed by atoms with Crippen LogP contribution in [0.3, 0.4) is 0 Å². The van der Waals surface area contributed by atoms with E-state index in [1.807, 2.05) is 0 Å². The number of nitrogens with two attached hydrogens (primary N) is 1. The van der Waals surface area contributed by atoms with Crippen molar-refractivity contribution < 1.29 is 18.3 Å². The Balaban J connectivity index is 2.19. The van der Waals surface area contributed by atoms with Gasteiger partial charge in [-0.2, -0.15) is 0 Å². The standard InChI is InChI=1S/C11H12F2N2O2/c1-15-3-2-9(11(15)16)17-10-5-6(12)8(14)4-7(10)13/h4-5,9H,2-3,14H2,1H3. The number of amides is 1. The molecule has 1 atom stereocenters. The molecule has 17 heavy (non-hydrogen) atoms. The molecule has 0 aliphatic carbocycles. The Labute approximate surface area is 97.0 Å². The van der Waals surface area contributed by atoms with Crippen LogP contribution in [-0.2, 0) is 4.79 Å². The van der Waals surface area contributed by atoms with Crippen LogP contribution < -0.4 is 10.5 Å². The van der Waals surface area contributed by atoms with Gasteiger partial charge >= 0.3 is 0 Å². The molecule has 1 unspecified atom stereocenters. The third kappa shape index (κ3) is 2.15. The van der Waals surface area contributed by atoms with Crippen molar-refractivity contribution in [3.05, 3.63) is 23.8 Å². The minimum atomic E-state index is -0.772. The van der Waals surface area contributed by atoms with Crippen molar-refractivity contribution in [2.75, 3.05) is 19.3 Å². The van der Waals surface area contributed by atoms with Crippen molar-refractivity contribution in [3.63, 3.8) is 0 Å². The van der Waals surface area contributed by atoms with Gasteiger partial charge in [0.05, 0.1) is 5.69 Å². The Morgan fingerprint density at radius 2 is 2.12 bits per heavy atom. The molecule has 92 valence electrons. The second-order valence-electron chi connectivity index (χ2n) is 3.96. The van der Waals surface area contributed by atoms with Crippen molar-refractivity contribution in [1.29, 1.82) is 0 Å². The van der Waals surface area contributed by atoms with Gasteiger partial charge < -0.3 is 15.4 Å². The van der Waals surface area contributed by atoms with Gasteiger partial charge in [-0.15, -0.1) is 0 Å². The molecule has 1 aromatic rings. The number of hydrogen-bond donors (Lipinski definition) is 1. The summed E-state index contributed by atoms with van der Waals surface area (Å²) in [5.41, 5.74) is 4.91. The molecular formula is C11H12F2N2O2. The Morgan fingerprint density at radius 3 is 2.71 bits per heavy atom. The Bertz CT molecular complexity index is 465. The maximum atomic E-state index is 13.4. The predicted molar refractivity (Wildman–Crippen MR) is 57.4 cm³/mol. The van der Waals surface area contributed by atoms with Gasteiger partial charge in [-0.25, -0.2) is 8.78 Å². The average Bonchev–Trinajstić information content (AvgIpc) is 2.58. The first kappa shape index (κ1) is 11.6. The summed E-state index contributed by atoms with van der Waals surface area (Å²) in [4.78, 5) is 13.0. The van der Waals surface area contributed by atoms with Crippen molar-refractivity contribution in [2.45, 2.75) is 12.5 Å². The summed E-state index contributed by atoms with van der Waals surface area (Å²) in [6.07, 6.45) is -0.293. The monoisotopic (exact) mass is 242 g/mol. The summed E-state index contributed by atoms with van der Waals surface area (Å²) in [7, 11) is 1.63. The highest BCUT2D eigenvalue weighted by Gasteiger charge is 2.31. The van der Waals surface area contributed by atoms with E-state index in [0.29, 0.717) is 13.0 Å². The minimum Gasteiger partial charge on any atom is -0.477 e. The molecule has 0 aromatic heterocycles. The van der Waals surface area contributed by atoms with E-state index in [-0.39, 0.29) is 17.3 Å². The number of anilines is 1. The van der Waals surface area contributed by atoms with Crippen molar-refractivity contribution in [3.8, 4) is 5.75 Å². The lowest BCUT2D eigenvalue weighted by Gasteiger charge is -2.13. The molecule has 1 aliphatic heterocycles. The molecule has 1 amide bonds. The number of benzene rings is 1. The van der Waals surface area contributed by atoms with Gasteiger partial charge in [0.15, 0.2) is 17.7 Å². The van der Waals surface area contributed by atoms with E-state index in [0.717, 1.165) is 12.1 Å². The van der Waals surface area contributed by atoms with E-state index in [1.54, 1.807) is 7.05 Å². The van der Waals surface area contributed by atoms with E-state index < -0.39 is 17.7 Å². The third-order valence-electron chi connectivity index (χ3n) is 2.70. The predicted octanol–water partition coefficient (Wildman–Crippen LogP) is 1.16. The smallest absolute Gasteiger partial charge is 0.263 e. The maximum Gasteiger partial charge on any atom is 0.263 e. The molecule has 1 aliphatic rings. The number of nitrogen functional groups attached to an aromatic ring is 1. The van der Waals surface area contributed by atoms with Crippen LogP contribution in [0.2, 0.25) is 0 Å². The zero-order chi connectivity index (χ0) is 12.6. The van der Waals surface area contributed by atoms with E-state index in [9.17, 15) is 13.6 Å². The summed E-state index contributed by atoms with van der Waals surface area (Å²) >= 11 is 0. The summed E-state index contributed by atoms with van der Waals surface area (Å²) in [5.74, 6) is -2.06. The van der Waals surface area contributed by atoms with Crippen LogP contribution in [0.5, 0.6) is 5.75 Å². The SMILES string of the molecule is CN1CCC(Oc2cc(F)c(N)cc2F)C1=O. The fourth-order valence-corrected chi connectivity index (χ4v) is 1.69. The van der Waals surface area contributed by atoms with Crippen LogP contribution in [0.25, 0.3) is 0 Å². The second kappa shape index (κ2) is 4.20. The summed E-state index contributed by atoms with van der Waals surface area (Å²) in [5, 5.41) is 0. The van der Waals surface area contributed by atoms with Gasteiger partial charge in [0.2, 0.25) is 0 Å². The van der Waals surface area contributed by atoms with Crippen LogP contribution in [0.4, 0.5) is 14.5 Å². The van der Waals surface area contributed by atoms with Crippen LogP contribution in [0.15, 0.2) is 12.1 Å². The Kier molecular flexibility index (Phi) is 2.87. The van der Waals surface area contributed by atoms with Crippen LogP contribution in [0, 0.1) is 11.6 Å². The molecule has 6 heteroatoms. The van der Waals surface area contributed by atoms with Gasteiger partial charge in [0.25, 0.3) is 5.91 Å². The van der Waals surface area contributed by atoms with Gasteiger partial charge in [-0.3, -0.25) is 4.79 Å². The largest absolute Gasteiger partial charge is 0.477 e. The summed E-state index contributed by atoms with van der Waals surface area (Å²) < 4.78 is 31.7. The quantitative estimate of drug-likeness (QED) is 0.792. The fraction of sp³-hybridized carbons (Fsp3) is 0.364. The minimum absolute atomic E-state index is 0.235. The second-order valence-corrected chi connectivity index (χ2v) is 3.96. The van der Waals surface area contributed by atoms with E-state index in [1.165, 1.54) is 4.90 Å². The highest BCUT2D eigenvalue weighted by molar-refractivity contribution is 5.83. The highest BCUT2D eigenvalue weighted by atomic mass is 19.1. The first-order valence-electron chi connectivity index (χ1n) is 5.15. The molecule has 0 radical (unpaired) electrons. The summed E-state index contributed by atoms with van der Waals surface area (Å²) in [6.45, 7) is 0.544. The third-order valence-corrected chi connectivity index (χ3v) is 2.70. The number of ether oxygens (including phenoxy) is 1. The summed E-state index contributed by atoms with van der Waals surface area (Å²) in [6, 6.07) is 1.70. The lowest BCUT2D eigenvalue weighted by molar-refractivity contribution is -0.132. The number of hydrogen-bond acceptors (Lipinski definition) is 3.